The average molecular weight is 245 g/mol. The largest absolute Gasteiger partial charge is 0.347 e. The van der Waals surface area contributed by atoms with Crippen molar-refractivity contribution in [3.05, 3.63) is 5.28 Å². The lowest BCUT2D eigenvalue weighted by atomic mass is 10.7. The second-order valence-corrected chi connectivity index (χ2v) is 3.44. The van der Waals surface area contributed by atoms with E-state index in [0.717, 1.165) is 0 Å². The molecule has 0 fully saturated rings. The number of anilines is 2. The van der Waals surface area contributed by atoms with Gasteiger partial charge in [0.1, 0.15) is 0 Å². The molecule has 0 radical (unpaired) electrons. The fourth-order valence-corrected chi connectivity index (χ4v) is 1.06. The van der Waals surface area contributed by atoms with Gasteiger partial charge in [-0.1, -0.05) is 0 Å². The Balaban J connectivity index is 2.84. The maximum absolute atomic E-state index is 11.2. The first-order valence-electron chi connectivity index (χ1n) is 4.66. The van der Waals surface area contributed by atoms with Crippen LogP contribution in [0, 0.1) is 0 Å². The summed E-state index contributed by atoms with van der Waals surface area (Å²) in [6, 6.07) is -0.380. The highest BCUT2D eigenvalue weighted by Crippen LogP contribution is 2.10. The Morgan fingerprint density at radius 1 is 1.38 bits per heavy atom. The van der Waals surface area contributed by atoms with Crippen molar-refractivity contribution in [1.82, 2.24) is 20.3 Å². The molecule has 7 nitrogen and oxygen atoms in total. The lowest BCUT2D eigenvalue weighted by Gasteiger charge is -2.11. The number of amides is 2. The van der Waals surface area contributed by atoms with Crippen molar-refractivity contribution in [3.63, 3.8) is 0 Å². The molecule has 0 bridgehead atoms. The average Bonchev–Trinajstić information content (AvgIpc) is 2.16. The zero-order valence-corrected chi connectivity index (χ0v) is 10.0. The van der Waals surface area contributed by atoms with E-state index in [1.807, 2.05) is 6.92 Å². The maximum Gasteiger partial charge on any atom is 0.321 e. The van der Waals surface area contributed by atoms with E-state index < -0.39 is 0 Å². The number of rotatable bonds is 3. The summed E-state index contributed by atoms with van der Waals surface area (Å²) in [6.45, 7) is 2.33. The van der Waals surface area contributed by atoms with Crippen molar-refractivity contribution in [1.29, 1.82) is 0 Å². The summed E-state index contributed by atoms with van der Waals surface area (Å²) in [5, 5.41) is 5.04. The molecule has 0 atom stereocenters. The van der Waals surface area contributed by atoms with Gasteiger partial charge in [0.05, 0.1) is 0 Å². The van der Waals surface area contributed by atoms with Gasteiger partial charge in [0.25, 0.3) is 0 Å². The van der Waals surface area contributed by atoms with E-state index in [1.165, 1.54) is 0 Å². The van der Waals surface area contributed by atoms with Crippen LogP contribution < -0.4 is 15.5 Å². The molecule has 0 aliphatic carbocycles. The van der Waals surface area contributed by atoms with E-state index in [1.54, 1.807) is 19.0 Å². The van der Waals surface area contributed by atoms with Crippen molar-refractivity contribution < 1.29 is 4.79 Å². The molecule has 0 aliphatic rings. The van der Waals surface area contributed by atoms with Gasteiger partial charge in [0.2, 0.25) is 17.2 Å². The highest BCUT2D eigenvalue weighted by Gasteiger charge is 2.08. The second-order valence-electron chi connectivity index (χ2n) is 3.11. The van der Waals surface area contributed by atoms with Gasteiger partial charge in [-0.2, -0.15) is 15.0 Å². The molecule has 2 amide bonds. The Hall–Kier alpha value is -1.63. The van der Waals surface area contributed by atoms with E-state index in [-0.39, 0.29) is 17.3 Å². The first-order chi connectivity index (χ1) is 7.52. The van der Waals surface area contributed by atoms with E-state index in [0.29, 0.717) is 12.5 Å². The zero-order chi connectivity index (χ0) is 12.1. The Labute approximate surface area is 98.2 Å². The summed E-state index contributed by atoms with van der Waals surface area (Å²) in [5.74, 6) is 0.501. The predicted molar refractivity (Wildman–Crippen MR) is 61.9 cm³/mol. The van der Waals surface area contributed by atoms with Crippen molar-refractivity contribution in [2.45, 2.75) is 6.92 Å². The fourth-order valence-electron chi connectivity index (χ4n) is 0.902. The Kier molecular flexibility index (Phi) is 4.24. The van der Waals surface area contributed by atoms with Crippen LogP contribution in [0.15, 0.2) is 0 Å². The van der Waals surface area contributed by atoms with Crippen molar-refractivity contribution >= 4 is 29.5 Å². The molecular weight excluding hydrogens is 232 g/mol. The molecule has 0 saturated heterocycles. The van der Waals surface area contributed by atoms with Crippen LogP contribution >= 0.6 is 11.6 Å². The normalized spacial score (nSPS) is 9.75. The molecule has 2 N–H and O–H groups in total. The number of carbonyl (C=O) groups excluding carboxylic acids is 1. The van der Waals surface area contributed by atoms with Crippen LogP contribution in [-0.4, -0.2) is 41.6 Å². The van der Waals surface area contributed by atoms with Crippen LogP contribution in [0.4, 0.5) is 16.7 Å². The standard InChI is InChI=1S/C8H13ClN6O/c1-4-10-8(16)14-6-11-5(9)12-7(13-6)15(2)3/h4H2,1-3H3,(H2,10,11,12,13,14,16). The summed E-state index contributed by atoms with van der Waals surface area (Å²) < 4.78 is 0. The van der Waals surface area contributed by atoms with Gasteiger partial charge in [-0.3, -0.25) is 5.32 Å². The highest BCUT2D eigenvalue weighted by atomic mass is 35.5. The number of nitrogens with one attached hydrogen (secondary N) is 2. The van der Waals surface area contributed by atoms with Crippen molar-refractivity contribution in [3.8, 4) is 0 Å². The molecule has 1 rings (SSSR count). The molecule has 0 aromatic carbocycles. The smallest absolute Gasteiger partial charge is 0.321 e. The summed E-state index contributed by atoms with van der Waals surface area (Å²) in [4.78, 5) is 24.6. The van der Waals surface area contributed by atoms with Gasteiger partial charge in [-0.15, -0.1) is 0 Å². The molecule has 1 aromatic rings. The fraction of sp³-hybridized carbons (Fsp3) is 0.500. The quantitative estimate of drug-likeness (QED) is 0.819. The van der Waals surface area contributed by atoms with Crippen LogP contribution in [0.3, 0.4) is 0 Å². The van der Waals surface area contributed by atoms with Crippen LogP contribution in [0.1, 0.15) is 6.92 Å². The van der Waals surface area contributed by atoms with E-state index >= 15 is 0 Å². The van der Waals surface area contributed by atoms with Crippen molar-refractivity contribution in [2.24, 2.45) is 0 Å². The topological polar surface area (TPSA) is 83.0 Å². The van der Waals surface area contributed by atoms with E-state index in [9.17, 15) is 4.79 Å². The molecule has 0 spiro atoms. The second kappa shape index (κ2) is 5.45. The van der Waals surface area contributed by atoms with Crippen LogP contribution in [0.25, 0.3) is 0 Å². The molecule has 0 unspecified atom stereocenters. The number of aromatic nitrogens is 3. The summed E-state index contributed by atoms with van der Waals surface area (Å²) in [7, 11) is 3.53. The van der Waals surface area contributed by atoms with Gasteiger partial charge in [-0.25, -0.2) is 4.79 Å². The molecule has 8 heteroatoms. The predicted octanol–water partition coefficient (Wildman–Crippen LogP) is 0.732. The minimum Gasteiger partial charge on any atom is -0.347 e. The molecule has 16 heavy (non-hydrogen) atoms. The summed E-state index contributed by atoms with van der Waals surface area (Å²) >= 11 is 5.69. The number of carbonyl (C=O) groups is 1. The first kappa shape index (κ1) is 12.4. The molecule has 0 saturated carbocycles. The van der Waals surface area contributed by atoms with Gasteiger partial charge in [-0.05, 0) is 18.5 Å². The minimum atomic E-state index is -0.380. The Morgan fingerprint density at radius 2 is 2.06 bits per heavy atom. The van der Waals surface area contributed by atoms with Gasteiger partial charge in [0.15, 0.2) is 0 Å². The number of hydrogen-bond acceptors (Lipinski definition) is 5. The zero-order valence-electron chi connectivity index (χ0n) is 9.28. The monoisotopic (exact) mass is 244 g/mol. The third kappa shape index (κ3) is 3.50. The van der Waals surface area contributed by atoms with Crippen LogP contribution in [-0.2, 0) is 0 Å². The lowest BCUT2D eigenvalue weighted by molar-refractivity contribution is 0.252. The van der Waals surface area contributed by atoms with Gasteiger partial charge < -0.3 is 10.2 Å². The molecule has 0 aliphatic heterocycles. The first-order valence-corrected chi connectivity index (χ1v) is 5.04. The Morgan fingerprint density at radius 3 is 2.62 bits per heavy atom. The van der Waals surface area contributed by atoms with Crippen LogP contribution in [0.2, 0.25) is 5.28 Å². The SMILES string of the molecule is CCNC(=O)Nc1nc(Cl)nc(N(C)C)n1. The number of hydrogen-bond donors (Lipinski definition) is 2. The van der Waals surface area contributed by atoms with Crippen LogP contribution in [0.5, 0.6) is 0 Å². The third-order valence-corrected chi connectivity index (χ3v) is 1.73. The minimum absolute atomic E-state index is 0.0329. The number of nitrogens with zero attached hydrogens (tertiary/aromatic N) is 4. The molecule has 88 valence electrons. The van der Waals surface area contributed by atoms with E-state index in [4.69, 9.17) is 11.6 Å². The number of urea groups is 1. The highest BCUT2D eigenvalue weighted by molar-refractivity contribution is 6.28. The molecular formula is C8H13ClN6O. The molecule has 1 heterocycles. The Bertz CT molecular complexity index is 383. The maximum atomic E-state index is 11.2. The third-order valence-electron chi connectivity index (χ3n) is 1.56. The van der Waals surface area contributed by atoms with Gasteiger partial charge in [0, 0.05) is 20.6 Å². The van der Waals surface area contributed by atoms with Crippen molar-refractivity contribution in [2.75, 3.05) is 30.9 Å². The number of halogens is 1. The molecule has 1 aromatic heterocycles. The summed E-state index contributed by atoms with van der Waals surface area (Å²) in [5.41, 5.74) is 0. The summed E-state index contributed by atoms with van der Waals surface area (Å²) in [6.07, 6.45) is 0. The van der Waals surface area contributed by atoms with Gasteiger partial charge >= 0.3 is 6.03 Å². The lowest BCUT2D eigenvalue weighted by Crippen LogP contribution is -2.29. The van der Waals surface area contributed by atoms with E-state index in [2.05, 4.69) is 25.6 Å².